The van der Waals surface area contributed by atoms with E-state index in [1.807, 2.05) is 30.3 Å². The standard InChI is InChI=1S/C15H20N4O4/c1-10(12(16)20)19-8-7-15(23,13(19)21)18-14(22)17-9-11-5-3-2-4-6-11/h2-6,10,23H,7-9H2,1H3,(H2,16,20)(H2,17,18,22). The molecule has 124 valence electrons. The summed E-state index contributed by atoms with van der Waals surface area (Å²) in [7, 11) is 0. The van der Waals surface area contributed by atoms with Crippen molar-refractivity contribution in [2.24, 2.45) is 5.73 Å². The number of rotatable bonds is 5. The van der Waals surface area contributed by atoms with E-state index in [1.165, 1.54) is 6.92 Å². The Labute approximate surface area is 133 Å². The maximum Gasteiger partial charge on any atom is 0.317 e. The third kappa shape index (κ3) is 3.78. The molecular formula is C15H20N4O4. The van der Waals surface area contributed by atoms with Crippen molar-refractivity contribution in [2.45, 2.75) is 31.7 Å². The number of nitrogens with one attached hydrogen (secondary N) is 2. The van der Waals surface area contributed by atoms with E-state index in [0.29, 0.717) is 0 Å². The number of hydrogen-bond acceptors (Lipinski definition) is 4. The molecule has 0 spiro atoms. The van der Waals surface area contributed by atoms with Gasteiger partial charge in [0.25, 0.3) is 5.91 Å². The second-order valence-electron chi connectivity index (χ2n) is 5.48. The Hall–Kier alpha value is -2.61. The van der Waals surface area contributed by atoms with Crippen LogP contribution in [0, 0.1) is 0 Å². The molecule has 5 N–H and O–H groups in total. The fourth-order valence-corrected chi connectivity index (χ4v) is 2.38. The quantitative estimate of drug-likeness (QED) is 0.534. The molecule has 8 heteroatoms. The summed E-state index contributed by atoms with van der Waals surface area (Å²) < 4.78 is 0. The summed E-state index contributed by atoms with van der Waals surface area (Å²) in [5, 5.41) is 15.1. The maximum atomic E-state index is 12.2. The Balaban J connectivity index is 1.92. The first-order valence-corrected chi connectivity index (χ1v) is 7.26. The zero-order valence-electron chi connectivity index (χ0n) is 12.8. The van der Waals surface area contributed by atoms with E-state index in [9.17, 15) is 19.5 Å². The van der Waals surface area contributed by atoms with Crippen LogP contribution in [0.3, 0.4) is 0 Å². The zero-order valence-corrected chi connectivity index (χ0v) is 12.8. The van der Waals surface area contributed by atoms with Crippen LogP contribution in [0.2, 0.25) is 0 Å². The molecule has 23 heavy (non-hydrogen) atoms. The van der Waals surface area contributed by atoms with Gasteiger partial charge in [0, 0.05) is 19.5 Å². The van der Waals surface area contributed by atoms with Crippen molar-refractivity contribution in [3.63, 3.8) is 0 Å². The Morgan fingerprint density at radius 2 is 2.04 bits per heavy atom. The van der Waals surface area contributed by atoms with E-state index in [2.05, 4.69) is 10.6 Å². The van der Waals surface area contributed by atoms with Gasteiger partial charge in [-0.05, 0) is 12.5 Å². The van der Waals surface area contributed by atoms with Crippen LogP contribution in [0.4, 0.5) is 4.79 Å². The first-order chi connectivity index (χ1) is 10.8. The van der Waals surface area contributed by atoms with Gasteiger partial charge >= 0.3 is 6.03 Å². The molecule has 1 aliphatic rings. The minimum Gasteiger partial charge on any atom is -0.368 e. The molecule has 0 radical (unpaired) electrons. The molecule has 1 aliphatic heterocycles. The smallest absolute Gasteiger partial charge is 0.317 e. The Bertz CT molecular complexity index is 607. The molecule has 1 aromatic carbocycles. The second-order valence-corrected chi connectivity index (χ2v) is 5.48. The molecule has 0 bridgehead atoms. The molecule has 1 heterocycles. The van der Waals surface area contributed by atoms with Gasteiger partial charge in [-0.3, -0.25) is 9.59 Å². The Morgan fingerprint density at radius 1 is 1.39 bits per heavy atom. The number of hydrogen-bond donors (Lipinski definition) is 4. The van der Waals surface area contributed by atoms with Gasteiger partial charge in [-0.1, -0.05) is 30.3 Å². The van der Waals surface area contributed by atoms with Crippen molar-refractivity contribution in [3.05, 3.63) is 35.9 Å². The van der Waals surface area contributed by atoms with Crippen molar-refractivity contribution < 1.29 is 19.5 Å². The van der Waals surface area contributed by atoms with Gasteiger partial charge in [-0.25, -0.2) is 4.79 Å². The van der Waals surface area contributed by atoms with E-state index < -0.39 is 29.6 Å². The number of carbonyl (C=O) groups is 3. The monoisotopic (exact) mass is 320 g/mol. The van der Waals surface area contributed by atoms with Gasteiger partial charge in [-0.15, -0.1) is 0 Å². The predicted octanol–water partition coefficient (Wildman–Crippen LogP) is -0.719. The van der Waals surface area contributed by atoms with E-state index in [4.69, 9.17) is 5.73 Å². The molecule has 4 amide bonds. The lowest BCUT2D eigenvalue weighted by Crippen LogP contribution is -2.58. The molecule has 1 aromatic rings. The lowest BCUT2D eigenvalue weighted by Gasteiger charge is -2.25. The number of primary amides is 1. The van der Waals surface area contributed by atoms with Gasteiger partial charge in [0.15, 0.2) is 0 Å². The van der Waals surface area contributed by atoms with E-state index in [1.54, 1.807) is 0 Å². The maximum absolute atomic E-state index is 12.2. The van der Waals surface area contributed by atoms with Crippen LogP contribution >= 0.6 is 0 Å². The van der Waals surface area contributed by atoms with Gasteiger partial charge in [0.1, 0.15) is 6.04 Å². The number of carbonyl (C=O) groups excluding carboxylic acids is 3. The average Bonchev–Trinajstić information content (AvgIpc) is 2.81. The van der Waals surface area contributed by atoms with Crippen LogP contribution in [-0.2, 0) is 16.1 Å². The summed E-state index contributed by atoms with van der Waals surface area (Å²) in [4.78, 5) is 36.4. The van der Waals surface area contributed by atoms with Gasteiger partial charge in [0.05, 0.1) is 0 Å². The van der Waals surface area contributed by atoms with E-state index in [-0.39, 0.29) is 19.5 Å². The SMILES string of the molecule is CC(C(N)=O)N1CCC(O)(NC(=O)NCc2ccccc2)C1=O. The largest absolute Gasteiger partial charge is 0.368 e. The van der Waals surface area contributed by atoms with Crippen LogP contribution < -0.4 is 16.4 Å². The fourth-order valence-electron chi connectivity index (χ4n) is 2.38. The highest BCUT2D eigenvalue weighted by Gasteiger charge is 2.48. The Kier molecular flexibility index (Phi) is 4.85. The molecule has 1 fully saturated rings. The second kappa shape index (κ2) is 6.66. The first kappa shape index (κ1) is 16.8. The average molecular weight is 320 g/mol. The molecule has 8 nitrogen and oxygen atoms in total. The number of nitrogens with two attached hydrogens (primary N) is 1. The highest BCUT2D eigenvalue weighted by Crippen LogP contribution is 2.22. The summed E-state index contributed by atoms with van der Waals surface area (Å²) in [6.45, 7) is 1.87. The normalized spacial score (nSPS) is 21.8. The molecule has 0 aromatic heterocycles. The number of benzene rings is 1. The molecule has 2 unspecified atom stereocenters. The summed E-state index contributed by atoms with van der Waals surface area (Å²) >= 11 is 0. The highest BCUT2D eigenvalue weighted by atomic mass is 16.3. The molecular weight excluding hydrogens is 300 g/mol. The predicted molar refractivity (Wildman–Crippen MR) is 81.7 cm³/mol. The summed E-state index contributed by atoms with van der Waals surface area (Å²) in [6, 6.07) is 7.71. The molecule has 0 aliphatic carbocycles. The number of urea groups is 1. The van der Waals surface area contributed by atoms with Crippen LogP contribution in [0.25, 0.3) is 0 Å². The molecule has 2 rings (SSSR count). The van der Waals surface area contributed by atoms with Crippen LogP contribution in [-0.4, -0.2) is 46.2 Å². The van der Waals surface area contributed by atoms with E-state index >= 15 is 0 Å². The third-order valence-corrected chi connectivity index (χ3v) is 3.82. The molecule has 1 saturated heterocycles. The number of likely N-dealkylation sites (tertiary alicyclic amines) is 1. The topological polar surface area (TPSA) is 125 Å². The highest BCUT2D eigenvalue weighted by molar-refractivity contribution is 5.94. The van der Waals surface area contributed by atoms with Crippen molar-refractivity contribution in [1.82, 2.24) is 15.5 Å². The minimum atomic E-state index is -2.02. The molecule has 2 atom stereocenters. The fraction of sp³-hybridized carbons (Fsp3) is 0.400. The lowest BCUT2D eigenvalue weighted by atomic mass is 10.2. The summed E-state index contributed by atoms with van der Waals surface area (Å²) in [5.74, 6) is -1.41. The minimum absolute atomic E-state index is 0.0117. The van der Waals surface area contributed by atoms with Gasteiger partial charge in [-0.2, -0.15) is 0 Å². The summed E-state index contributed by atoms with van der Waals surface area (Å²) in [5.41, 5.74) is 4.03. The third-order valence-electron chi connectivity index (χ3n) is 3.82. The first-order valence-electron chi connectivity index (χ1n) is 7.26. The van der Waals surface area contributed by atoms with Crippen molar-refractivity contribution in [1.29, 1.82) is 0 Å². The van der Waals surface area contributed by atoms with Crippen LogP contribution in [0.1, 0.15) is 18.9 Å². The van der Waals surface area contributed by atoms with Gasteiger partial charge < -0.3 is 26.4 Å². The van der Waals surface area contributed by atoms with Gasteiger partial charge in [0.2, 0.25) is 11.6 Å². The van der Waals surface area contributed by atoms with Crippen LogP contribution in [0.15, 0.2) is 30.3 Å². The number of nitrogens with zero attached hydrogens (tertiary/aromatic N) is 1. The van der Waals surface area contributed by atoms with Crippen molar-refractivity contribution in [3.8, 4) is 0 Å². The molecule has 0 saturated carbocycles. The van der Waals surface area contributed by atoms with E-state index in [0.717, 1.165) is 10.5 Å². The lowest BCUT2D eigenvalue weighted by molar-refractivity contribution is -0.148. The summed E-state index contributed by atoms with van der Waals surface area (Å²) in [6.07, 6.45) is -0.0117. The van der Waals surface area contributed by atoms with Crippen molar-refractivity contribution in [2.75, 3.05) is 6.54 Å². The number of aliphatic hydroxyl groups is 1. The Morgan fingerprint density at radius 3 is 2.65 bits per heavy atom. The van der Waals surface area contributed by atoms with Crippen molar-refractivity contribution >= 4 is 17.8 Å². The van der Waals surface area contributed by atoms with Crippen LogP contribution in [0.5, 0.6) is 0 Å². The number of amides is 4. The zero-order chi connectivity index (χ0) is 17.0.